The van der Waals surface area contributed by atoms with E-state index in [0.29, 0.717) is 0 Å². The number of hydrazine groups is 1. The van der Waals surface area contributed by atoms with Gasteiger partial charge >= 0.3 is 0 Å². The molecule has 2 aromatic carbocycles. The Balaban J connectivity index is 2.03. The predicted molar refractivity (Wildman–Crippen MR) is 89.1 cm³/mol. The van der Waals surface area contributed by atoms with Crippen LogP contribution in [0.5, 0.6) is 11.5 Å². The first-order valence-electron chi connectivity index (χ1n) is 7.48. The molecule has 1 fully saturated rings. The summed E-state index contributed by atoms with van der Waals surface area (Å²) in [5, 5.41) is 24.2. The minimum Gasteiger partial charge on any atom is -0.870 e. The van der Waals surface area contributed by atoms with Crippen LogP contribution in [0.2, 0.25) is 0 Å². The zero-order valence-electron chi connectivity index (χ0n) is 13.8. The third-order valence-corrected chi connectivity index (χ3v) is 3.78. The Morgan fingerprint density at radius 1 is 1.22 bits per heavy atom. The minimum atomic E-state index is -0.811. The second-order valence-electron chi connectivity index (χ2n) is 5.44. The highest BCUT2D eigenvalue weighted by atomic mass is 19.1. The van der Waals surface area contributed by atoms with Crippen LogP contribution in [0.25, 0.3) is 6.08 Å². The maximum atomic E-state index is 13.0. The number of rotatable bonds is 4. The van der Waals surface area contributed by atoms with Gasteiger partial charge in [-0.15, -0.1) is 0 Å². The summed E-state index contributed by atoms with van der Waals surface area (Å²) in [4.78, 5) is 34.9. The van der Waals surface area contributed by atoms with Gasteiger partial charge in [-0.25, -0.2) is 9.40 Å². The summed E-state index contributed by atoms with van der Waals surface area (Å²) in [5.74, 6) is -3.13. The molecule has 138 valence electrons. The summed E-state index contributed by atoms with van der Waals surface area (Å²) in [6.45, 7) is 0. The number of non-ortho nitro benzene ring substituents is 1. The number of anilines is 1. The molecule has 1 aliphatic heterocycles. The molecule has 27 heavy (non-hydrogen) atoms. The van der Waals surface area contributed by atoms with Gasteiger partial charge in [-0.3, -0.25) is 25.1 Å². The van der Waals surface area contributed by atoms with Crippen LogP contribution in [0.4, 0.5) is 15.8 Å². The SMILES string of the molecule is COc1cc([N+](=O)[O-])cc(/C=C2/C(=O)NN(c3ccc(F)cc3)C2=O)c1[O-]. The third kappa shape index (κ3) is 3.27. The van der Waals surface area contributed by atoms with E-state index < -0.39 is 39.6 Å². The van der Waals surface area contributed by atoms with Crippen LogP contribution in [-0.4, -0.2) is 23.8 Å². The molecule has 0 aromatic heterocycles. The van der Waals surface area contributed by atoms with Gasteiger partial charge in [0, 0.05) is 6.07 Å². The Bertz CT molecular complexity index is 987. The van der Waals surface area contributed by atoms with Crippen molar-refractivity contribution in [1.29, 1.82) is 0 Å². The van der Waals surface area contributed by atoms with Crippen LogP contribution < -0.4 is 20.3 Å². The highest BCUT2D eigenvalue weighted by Crippen LogP contribution is 2.34. The van der Waals surface area contributed by atoms with E-state index in [1.54, 1.807) is 0 Å². The van der Waals surface area contributed by atoms with Gasteiger partial charge in [0.05, 0.1) is 23.8 Å². The predicted octanol–water partition coefficient (Wildman–Crippen LogP) is 1.28. The van der Waals surface area contributed by atoms with Gasteiger partial charge < -0.3 is 9.84 Å². The molecule has 1 N–H and O–H groups in total. The summed E-state index contributed by atoms with van der Waals surface area (Å²) in [6.07, 6.45) is 0.957. The molecule has 0 unspecified atom stereocenters. The number of nitro groups is 1. The Hall–Kier alpha value is -3.95. The van der Waals surface area contributed by atoms with Gasteiger partial charge in [0.2, 0.25) is 0 Å². The van der Waals surface area contributed by atoms with Gasteiger partial charge in [-0.1, -0.05) is 5.75 Å². The van der Waals surface area contributed by atoms with E-state index in [9.17, 15) is 29.2 Å². The summed E-state index contributed by atoms with van der Waals surface area (Å²) in [6, 6.07) is 6.68. The van der Waals surface area contributed by atoms with Crippen LogP contribution in [0, 0.1) is 15.9 Å². The number of ether oxygens (including phenoxy) is 1. The normalized spacial score (nSPS) is 15.2. The van der Waals surface area contributed by atoms with Crippen molar-refractivity contribution in [2.75, 3.05) is 12.1 Å². The lowest BCUT2D eigenvalue weighted by Gasteiger charge is -2.16. The number of benzene rings is 2. The lowest BCUT2D eigenvalue weighted by molar-refractivity contribution is -0.385. The molecule has 1 heterocycles. The van der Waals surface area contributed by atoms with Gasteiger partial charge in [-0.2, -0.15) is 0 Å². The zero-order valence-corrected chi connectivity index (χ0v) is 13.8. The molecule has 0 saturated carbocycles. The number of methoxy groups -OCH3 is 1. The fourth-order valence-corrected chi connectivity index (χ4v) is 2.46. The molecule has 1 saturated heterocycles. The van der Waals surface area contributed by atoms with Crippen LogP contribution in [0.15, 0.2) is 42.0 Å². The Kier molecular flexibility index (Phi) is 4.46. The molecular weight excluding hydrogens is 361 g/mol. The first-order chi connectivity index (χ1) is 12.8. The van der Waals surface area contributed by atoms with Crippen molar-refractivity contribution >= 4 is 29.3 Å². The smallest absolute Gasteiger partial charge is 0.282 e. The van der Waals surface area contributed by atoms with Crippen molar-refractivity contribution in [3.05, 3.63) is 63.5 Å². The lowest BCUT2D eigenvalue weighted by atomic mass is 10.1. The van der Waals surface area contributed by atoms with E-state index in [4.69, 9.17) is 4.74 Å². The van der Waals surface area contributed by atoms with Crippen LogP contribution in [0.3, 0.4) is 0 Å². The average molecular weight is 372 g/mol. The molecule has 0 aliphatic carbocycles. The number of amides is 2. The first kappa shape index (κ1) is 17.9. The molecule has 3 rings (SSSR count). The van der Waals surface area contributed by atoms with E-state index in [0.717, 1.165) is 35.4 Å². The molecule has 1 aliphatic rings. The topological polar surface area (TPSA) is 125 Å². The number of hydrogen-bond acceptors (Lipinski definition) is 6. The highest BCUT2D eigenvalue weighted by Gasteiger charge is 2.34. The Morgan fingerprint density at radius 2 is 1.89 bits per heavy atom. The molecule has 0 spiro atoms. The molecule has 2 aromatic rings. The molecule has 10 heteroatoms. The number of nitro benzene ring substituents is 1. The standard InChI is InChI=1S/C17H12FN3O6/c1-27-14-8-12(21(25)26)6-9(15(14)22)7-13-16(23)19-20(17(13)24)11-4-2-10(18)3-5-11/h2-8,22H,1H3,(H,19,23)/p-1/b13-7-. The number of carbonyl (C=O) groups excluding carboxylic acids is 2. The lowest BCUT2D eigenvalue weighted by Crippen LogP contribution is -2.35. The fraction of sp³-hybridized carbons (Fsp3) is 0.0588. The Morgan fingerprint density at radius 3 is 2.48 bits per heavy atom. The molecule has 0 radical (unpaired) electrons. The number of carbonyl (C=O) groups is 2. The van der Waals surface area contributed by atoms with Crippen molar-refractivity contribution in [3.63, 3.8) is 0 Å². The van der Waals surface area contributed by atoms with Crippen molar-refractivity contribution in [2.45, 2.75) is 0 Å². The largest absolute Gasteiger partial charge is 0.870 e. The maximum Gasteiger partial charge on any atom is 0.282 e. The number of nitrogens with one attached hydrogen (secondary N) is 1. The second kappa shape index (κ2) is 6.75. The van der Waals surface area contributed by atoms with Crippen molar-refractivity contribution in [3.8, 4) is 11.5 Å². The van der Waals surface area contributed by atoms with E-state index in [1.165, 1.54) is 19.2 Å². The van der Waals surface area contributed by atoms with Crippen LogP contribution in [0.1, 0.15) is 5.56 Å². The van der Waals surface area contributed by atoms with Gasteiger partial charge in [0.1, 0.15) is 17.1 Å². The average Bonchev–Trinajstić information content (AvgIpc) is 2.92. The molecule has 0 atom stereocenters. The van der Waals surface area contributed by atoms with Crippen molar-refractivity contribution in [1.82, 2.24) is 5.43 Å². The van der Waals surface area contributed by atoms with Gasteiger partial charge in [0.15, 0.2) is 0 Å². The number of nitrogens with zero attached hydrogens (tertiary/aromatic N) is 2. The van der Waals surface area contributed by atoms with E-state index in [2.05, 4.69) is 5.43 Å². The van der Waals surface area contributed by atoms with E-state index in [-0.39, 0.29) is 17.0 Å². The van der Waals surface area contributed by atoms with Crippen molar-refractivity contribution < 1.29 is 28.7 Å². The quantitative estimate of drug-likeness (QED) is 0.373. The third-order valence-electron chi connectivity index (χ3n) is 3.78. The first-order valence-corrected chi connectivity index (χ1v) is 7.48. The van der Waals surface area contributed by atoms with Gasteiger partial charge in [-0.05, 0) is 35.9 Å². The Labute approximate surface area is 151 Å². The molecular formula is C17H11FN3O6-. The maximum absolute atomic E-state index is 13.0. The monoisotopic (exact) mass is 372 g/mol. The zero-order chi connectivity index (χ0) is 19.7. The minimum absolute atomic E-state index is 0.206. The highest BCUT2D eigenvalue weighted by molar-refractivity contribution is 6.31. The van der Waals surface area contributed by atoms with Crippen LogP contribution >= 0.6 is 0 Å². The molecule has 0 bridgehead atoms. The van der Waals surface area contributed by atoms with E-state index >= 15 is 0 Å². The number of hydrogen-bond donors (Lipinski definition) is 1. The summed E-state index contributed by atoms with van der Waals surface area (Å²) >= 11 is 0. The fourth-order valence-electron chi connectivity index (χ4n) is 2.46. The second-order valence-corrected chi connectivity index (χ2v) is 5.44. The summed E-state index contributed by atoms with van der Waals surface area (Å²) in [7, 11) is 1.17. The molecule has 9 nitrogen and oxygen atoms in total. The number of halogens is 1. The van der Waals surface area contributed by atoms with Gasteiger partial charge in [0.25, 0.3) is 17.5 Å². The van der Waals surface area contributed by atoms with Crippen molar-refractivity contribution in [2.24, 2.45) is 0 Å². The molecule has 2 amide bonds. The summed E-state index contributed by atoms with van der Waals surface area (Å²) < 4.78 is 17.8. The summed E-state index contributed by atoms with van der Waals surface area (Å²) in [5.41, 5.74) is 1.40. The van der Waals surface area contributed by atoms with Crippen LogP contribution in [-0.2, 0) is 9.59 Å². The van der Waals surface area contributed by atoms with E-state index in [1.807, 2.05) is 0 Å².